The summed E-state index contributed by atoms with van der Waals surface area (Å²) in [6.07, 6.45) is 1.69. The molecule has 0 saturated heterocycles. The first-order chi connectivity index (χ1) is 14.2. The second-order valence-corrected chi connectivity index (χ2v) is 7.03. The van der Waals surface area contributed by atoms with Crippen molar-refractivity contribution in [2.75, 3.05) is 7.11 Å². The van der Waals surface area contributed by atoms with Gasteiger partial charge in [-0.05, 0) is 52.3 Å². The standard InChI is InChI=1S/C26H19FO2/c1-28-19-13-10-18(11-14-19)25-16-22(21-8-4-5-9-23(21)27)26-20-7-3-2-6-17(20)12-15-24(26)29-25/h2-16,25H,1H3. The van der Waals surface area contributed by atoms with Gasteiger partial charge >= 0.3 is 0 Å². The smallest absolute Gasteiger partial charge is 0.143 e. The summed E-state index contributed by atoms with van der Waals surface area (Å²) in [4.78, 5) is 0. The molecule has 5 rings (SSSR count). The van der Waals surface area contributed by atoms with Crippen LogP contribution < -0.4 is 9.47 Å². The molecule has 0 aliphatic carbocycles. The maximum Gasteiger partial charge on any atom is 0.143 e. The van der Waals surface area contributed by atoms with Crippen molar-refractivity contribution in [1.82, 2.24) is 0 Å². The highest BCUT2D eigenvalue weighted by molar-refractivity contribution is 6.01. The van der Waals surface area contributed by atoms with Crippen LogP contribution in [0.3, 0.4) is 0 Å². The molecule has 0 saturated carbocycles. The van der Waals surface area contributed by atoms with Crippen molar-refractivity contribution in [2.24, 2.45) is 0 Å². The highest BCUT2D eigenvalue weighted by Gasteiger charge is 2.26. The third-order valence-corrected chi connectivity index (χ3v) is 5.34. The second-order valence-electron chi connectivity index (χ2n) is 7.03. The average molecular weight is 382 g/mol. The van der Waals surface area contributed by atoms with Crippen LogP contribution in [-0.2, 0) is 0 Å². The van der Waals surface area contributed by atoms with Gasteiger partial charge in [-0.25, -0.2) is 4.39 Å². The number of methoxy groups -OCH3 is 1. The Balaban J connectivity index is 1.73. The Morgan fingerprint density at radius 2 is 1.59 bits per heavy atom. The van der Waals surface area contributed by atoms with Gasteiger partial charge in [-0.2, -0.15) is 0 Å². The summed E-state index contributed by atoms with van der Waals surface area (Å²) in [5.41, 5.74) is 3.34. The van der Waals surface area contributed by atoms with Crippen LogP contribution in [-0.4, -0.2) is 7.11 Å². The van der Waals surface area contributed by atoms with Crippen LogP contribution in [0, 0.1) is 5.82 Å². The summed E-state index contributed by atoms with van der Waals surface area (Å²) in [7, 11) is 1.64. The van der Waals surface area contributed by atoms with Crippen molar-refractivity contribution in [1.29, 1.82) is 0 Å². The first-order valence-electron chi connectivity index (χ1n) is 9.54. The van der Waals surface area contributed by atoms with Gasteiger partial charge in [0.2, 0.25) is 0 Å². The second kappa shape index (κ2) is 7.10. The van der Waals surface area contributed by atoms with E-state index in [0.29, 0.717) is 5.56 Å². The fourth-order valence-electron chi connectivity index (χ4n) is 3.90. The minimum Gasteiger partial charge on any atom is -0.497 e. The highest BCUT2D eigenvalue weighted by Crippen LogP contribution is 2.44. The molecule has 0 aromatic heterocycles. The molecule has 0 spiro atoms. The molecule has 1 atom stereocenters. The fraction of sp³-hybridized carbons (Fsp3) is 0.0769. The molecule has 1 aliphatic heterocycles. The molecule has 0 N–H and O–H groups in total. The lowest BCUT2D eigenvalue weighted by Gasteiger charge is -2.27. The summed E-state index contributed by atoms with van der Waals surface area (Å²) < 4.78 is 26.4. The molecular weight excluding hydrogens is 363 g/mol. The molecular formula is C26H19FO2. The lowest BCUT2D eigenvalue weighted by Crippen LogP contribution is -2.13. The Bertz CT molecular complexity index is 1230. The first-order valence-corrected chi connectivity index (χ1v) is 9.54. The molecule has 0 radical (unpaired) electrons. The minimum atomic E-state index is -0.316. The van der Waals surface area contributed by atoms with Gasteiger partial charge < -0.3 is 9.47 Å². The van der Waals surface area contributed by atoms with Crippen LogP contribution in [0.15, 0.2) is 91.0 Å². The SMILES string of the molecule is COc1ccc(C2C=C(c3ccccc3F)c3c(ccc4ccccc34)O2)cc1. The van der Waals surface area contributed by atoms with Crippen LogP contribution in [0.25, 0.3) is 16.3 Å². The van der Waals surface area contributed by atoms with Gasteiger partial charge in [-0.1, -0.05) is 60.7 Å². The van der Waals surface area contributed by atoms with E-state index < -0.39 is 0 Å². The molecule has 1 aliphatic rings. The van der Waals surface area contributed by atoms with Crippen molar-refractivity contribution >= 4 is 16.3 Å². The van der Waals surface area contributed by atoms with E-state index in [1.165, 1.54) is 6.07 Å². The van der Waals surface area contributed by atoms with Crippen LogP contribution >= 0.6 is 0 Å². The Kier molecular flexibility index (Phi) is 4.28. The van der Waals surface area contributed by atoms with Crippen molar-refractivity contribution in [3.8, 4) is 11.5 Å². The van der Waals surface area contributed by atoms with Crippen LogP contribution in [0.4, 0.5) is 4.39 Å². The van der Waals surface area contributed by atoms with E-state index in [1.807, 2.05) is 66.7 Å². The molecule has 4 aromatic rings. The van der Waals surface area contributed by atoms with E-state index in [9.17, 15) is 4.39 Å². The van der Waals surface area contributed by atoms with E-state index in [4.69, 9.17) is 9.47 Å². The van der Waals surface area contributed by atoms with Crippen molar-refractivity contribution in [3.63, 3.8) is 0 Å². The number of rotatable bonds is 3. The lowest BCUT2D eigenvalue weighted by atomic mass is 9.88. The average Bonchev–Trinajstić information content (AvgIpc) is 2.78. The summed E-state index contributed by atoms with van der Waals surface area (Å²) in [6.45, 7) is 0. The molecule has 1 unspecified atom stereocenters. The Hall–Kier alpha value is -3.59. The van der Waals surface area contributed by atoms with E-state index in [0.717, 1.165) is 39.0 Å². The summed E-state index contributed by atoms with van der Waals surface area (Å²) >= 11 is 0. The van der Waals surface area contributed by atoms with Crippen LogP contribution in [0.1, 0.15) is 22.8 Å². The highest BCUT2D eigenvalue weighted by atomic mass is 19.1. The predicted octanol–water partition coefficient (Wildman–Crippen LogP) is 6.55. The van der Waals surface area contributed by atoms with E-state index in [2.05, 4.69) is 12.1 Å². The summed E-state index contributed by atoms with van der Waals surface area (Å²) in [5.74, 6) is 1.30. The topological polar surface area (TPSA) is 18.5 Å². The molecule has 142 valence electrons. The fourth-order valence-corrected chi connectivity index (χ4v) is 3.90. The lowest BCUT2D eigenvalue weighted by molar-refractivity contribution is 0.251. The van der Waals surface area contributed by atoms with E-state index in [1.54, 1.807) is 13.2 Å². The van der Waals surface area contributed by atoms with Gasteiger partial charge in [0.1, 0.15) is 23.4 Å². The number of ether oxygens (including phenoxy) is 2. The van der Waals surface area contributed by atoms with E-state index in [-0.39, 0.29) is 11.9 Å². The molecule has 0 fully saturated rings. The van der Waals surface area contributed by atoms with Gasteiger partial charge in [0.15, 0.2) is 0 Å². The van der Waals surface area contributed by atoms with Gasteiger partial charge in [-0.3, -0.25) is 0 Å². The van der Waals surface area contributed by atoms with Gasteiger partial charge in [-0.15, -0.1) is 0 Å². The molecule has 4 aromatic carbocycles. The van der Waals surface area contributed by atoms with Crippen LogP contribution in [0.2, 0.25) is 0 Å². The number of hydrogen-bond acceptors (Lipinski definition) is 2. The van der Waals surface area contributed by atoms with Crippen LogP contribution in [0.5, 0.6) is 11.5 Å². The molecule has 0 bridgehead atoms. The predicted molar refractivity (Wildman–Crippen MR) is 114 cm³/mol. The number of hydrogen-bond donors (Lipinski definition) is 0. The summed E-state index contributed by atoms with van der Waals surface area (Å²) in [5, 5.41) is 2.15. The maximum absolute atomic E-state index is 14.8. The van der Waals surface area contributed by atoms with Crippen molar-refractivity contribution in [2.45, 2.75) is 6.10 Å². The Morgan fingerprint density at radius 1 is 0.828 bits per heavy atom. The zero-order valence-electron chi connectivity index (χ0n) is 15.9. The number of halogens is 1. The Labute approximate surface area is 168 Å². The normalized spacial score (nSPS) is 15.4. The third kappa shape index (κ3) is 3.05. The van der Waals surface area contributed by atoms with Gasteiger partial charge in [0.05, 0.1) is 7.11 Å². The minimum absolute atomic E-state index is 0.243. The van der Waals surface area contributed by atoms with Crippen molar-refractivity contribution < 1.29 is 13.9 Å². The molecule has 1 heterocycles. The zero-order valence-corrected chi connectivity index (χ0v) is 15.9. The first kappa shape index (κ1) is 17.5. The quantitative estimate of drug-likeness (QED) is 0.400. The number of fused-ring (bicyclic) bond motifs is 3. The monoisotopic (exact) mass is 382 g/mol. The molecule has 0 amide bonds. The maximum atomic E-state index is 14.8. The third-order valence-electron chi connectivity index (χ3n) is 5.34. The largest absolute Gasteiger partial charge is 0.497 e. The Morgan fingerprint density at radius 3 is 2.38 bits per heavy atom. The number of benzene rings is 4. The van der Waals surface area contributed by atoms with Gasteiger partial charge in [0.25, 0.3) is 0 Å². The molecule has 29 heavy (non-hydrogen) atoms. The zero-order chi connectivity index (χ0) is 19.8. The summed E-state index contributed by atoms with van der Waals surface area (Å²) in [6, 6.07) is 26.8. The van der Waals surface area contributed by atoms with Gasteiger partial charge in [0, 0.05) is 11.1 Å². The molecule has 2 nitrogen and oxygen atoms in total. The molecule has 3 heteroatoms. The van der Waals surface area contributed by atoms with E-state index >= 15 is 0 Å². The van der Waals surface area contributed by atoms with Crippen molar-refractivity contribution in [3.05, 3.63) is 114 Å².